The van der Waals surface area contributed by atoms with Crippen LogP contribution in [0.1, 0.15) is 21.5 Å². The minimum Gasteiger partial charge on any atom is -0.355 e. The largest absolute Gasteiger partial charge is 0.355 e. The smallest absolute Gasteiger partial charge is 0.263 e. The standard InChI is InChI=1S/C20H22N4O2/c1-14(11-21-3)23-15(2)17-10-18(19(25)22-4)20(26)24(13-17)12-16-8-6-5-7-9-16/h5-11,13,23H,1-2,12H2,3-4H3,(H,22,25). The van der Waals surface area contributed by atoms with E-state index in [1.807, 2.05) is 30.3 Å². The highest BCUT2D eigenvalue weighted by molar-refractivity contribution is 5.94. The third-order valence-electron chi connectivity index (χ3n) is 3.70. The second-order valence-electron chi connectivity index (χ2n) is 5.66. The average molecular weight is 350 g/mol. The van der Waals surface area contributed by atoms with E-state index in [1.54, 1.807) is 19.5 Å². The SMILES string of the molecule is C=C(C=NC)NC(=C)c1cc(C(=O)NC)c(=O)n(Cc2ccccc2)c1. The van der Waals surface area contributed by atoms with Crippen molar-refractivity contribution in [3.63, 3.8) is 0 Å². The van der Waals surface area contributed by atoms with Gasteiger partial charge in [0, 0.05) is 43.5 Å². The van der Waals surface area contributed by atoms with Crippen LogP contribution in [-0.2, 0) is 6.54 Å². The van der Waals surface area contributed by atoms with Gasteiger partial charge in [0.25, 0.3) is 11.5 Å². The number of nitrogens with one attached hydrogen (secondary N) is 2. The van der Waals surface area contributed by atoms with E-state index in [1.165, 1.54) is 17.7 Å². The topological polar surface area (TPSA) is 75.5 Å². The van der Waals surface area contributed by atoms with Gasteiger partial charge >= 0.3 is 0 Å². The Morgan fingerprint density at radius 3 is 2.58 bits per heavy atom. The van der Waals surface area contributed by atoms with Gasteiger partial charge in [0.15, 0.2) is 0 Å². The summed E-state index contributed by atoms with van der Waals surface area (Å²) in [5.74, 6) is -0.444. The fourth-order valence-corrected chi connectivity index (χ4v) is 2.45. The van der Waals surface area contributed by atoms with Crippen LogP contribution in [-0.4, -0.2) is 30.8 Å². The van der Waals surface area contributed by atoms with Gasteiger partial charge in [0.05, 0.1) is 6.54 Å². The minimum atomic E-state index is -0.444. The van der Waals surface area contributed by atoms with Gasteiger partial charge in [0.1, 0.15) is 5.56 Å². The third kappa shape index (κ3) is 4.57. The zero-order valence-corrected chi connectivity index (χ0v) is 15.0. The molecule has 0 aliphatic carbocycles. The first-order valence-corrected chi connectivity index (χ1v) is 8.04. The molecule has 26 heavy (non-hydrogen) atoms. The molecule has 0 spiro atoms. The van der Waals surface area contributed by atoms with E-state index in [-0.39, 0.29) is 11.1 Å². The highest BCUT2D eigenvalue weighted by Gasteiger charge is 2.15. The molecule has 1 amide bonds. The molecule has 2 aromatic rings. The normalized spacial score (nSPS) is 10.5. The Morgan fingerprint density at radius 1 is 1.27 bits per heavy atom. The number of pyridine rings is 1. The summed E-state index contributed by atoms with van der Waals surface area (Å²) < 4.78 is 1.50. The molecule has 0 unspecified atom stereocenters. The van der Waals surface area contributed by atoms with Crippen LogP contribution in [0.5, 0.6) is 0 Å². The van der Waals surface area contributed by atoms with Crippen LogP contribution in [0.25, 0.3) is 5.70 Å². The molecule has 1 aromatic heterocycles. The van der Waals surface area contributed by atoms with E-state index >= 15 is 0 Å². The van der Waals surface area contributed by atoms with E-state index in [0.29, 0.717) is 23.5 Å². The maximum atomic E-state index is 12.7. The molecule has 0 bridgehead atoms. The van der Waals surface area contributed by atoms with E-state index in [0.717, 1.165) is 5.56 Å². The van der Waals surface area contributed by atoms with Gasteiger partial charge in [-0.15, -0.1) is 0 Å². The summed E-state index contributed by atoms with van der Waals surface area (Å²) >= 11 is 0. The number of allylic oxidation sites excluding steroid dienone is 1. The molecule has 6 nitrogen and oxygen atoms in total. The fourth-order valence-electron chi connectivity index (χ4n) is 2.45. The summed E-state index contributed by atoms with van der Waals surface area (Å²) in [7, 11) is 3.13. The van der Waals surface area contributed by atoms with Crippen molar-refractivity contribution in [2.24, 2.45) is 4.99 Å². The fraction of sp³-hybridized carbons (Fsp3) is 0.150. The number of hydrogen-bond acceptors (Lipinski definition) is 4. The Hall–Kier alpha value is -3.41. The number of carbonyl (C=O) groups is 1. The Morgan fingerprint density at radius 2 is 1.96 bits per heavy atom. The van der Waals surface area contributed by atoms with Crippen LogP contribution in [0.4, 0.5) is 0 Å². The maximum Gasteiger partial charge on any atom is 0.263 e. The molecule has 0 radical (unpaired) electrons. The second kappa shape index (κ2) is 8.62. The molecular weight excluding hydrogens is 328 g/mol. The first-order valence-electron chi connectivity index (χ1n) is 8.04. The van der Waals surface area contributed by atoms with Gasteiger partial charge in [-0.3, -0.25) is 14.6 Å². The molecule has 2 N–H and O–H groups in total. The van der Waals surface area contributed by atoms with E-state index in [4.69, 9.17) is 0 Å². The number of amides is 1. The molecule has 0 aliphatic rings. The lowest BCUT2D eigenvalue weighted by molar-refractivity contribution is 0.0961. The number of carbonyl (C=O) groups excluding carboxylic acids is 1. The predicted octanol–water partition coefficient (Wildman–Crippen LogP) is 2.03. The number of aliphatic imine (C=N–C) groups is 1. The van der Waals surface area contributed by atoms with E-state index in [9.17, 15) is 9.59 Å². The molecule has 0 aliphatic heterocycles. The lowest BCUT2D eigenvalue weighted by Gasteiger charge is -2.14. The zero-order valence-electron chi connectivity index (χ0n) is 15.0. The van der Waals surface area contributed by atoms with Crippen molar-refractivity contribution in [2.45, 2.75) is 6.54 Å². The second-order valence-corrected chi connectivity index (χ2v) is 5.66. The van der Waals surface area contributed by atoms with Crippen molar-refractivity contribution in [1.82, 2.24) is 15.2 Å². The van der Waals surface area contributed by atoms with E-state index in [2.05, 4.69) is 28.8 Å². The number of rotatable bonds is 7. The van der Waals surface area contributed by atoms with Crippen molar-refractivity contribution < 1.29 is 4.79 Å². The summed E-state index contributed by atoms with van der Waals surface area (Å²) in [6.45, 7) is 8.14. The summed E-state index contributed by atoms with van der Waals surface area (Å²) in [4.78, 5) is 28.7. The number of nitrogens with zero attached hydrogens (tertiary/aromatic N) is 2. The molecule has 2 rings (SSSR count). The number of benzene rings is 1. The van der Waals surface area contributed by atoms with Crippen LogP contribution in [0.3, 0.4) is 0 Å². The lowest BCUT2D eigenvalue weighted by Crippen LogP contribution is -2.32. The van der Waals surface area contributed by atoms with Crippen molar-refractivity contribution in [2.75, 3.05) is 14.1 Å². The average Bonchev–Trinajstić information content (AvgIpc) is 2.63. The first-order chi connectivity index (χ1) is 12.5. The van der Waals surface area contributed by atoms with Gasteiger partial charge in [-0.05, 0) is 11.6 Å². The Bertz CT molecular complexity index is 911. The Balaban J connectivity index is 2.46. The van der Waals surface area contributed by atoms with Gasteiger partial charge in [0.2, 0.25) is 0 Å². The van der Waals surface area contributed by atoms with Crippen molar-refractivity contribution in [1.29, 1.82) is 0 Å². The van der Waals surface area contributed by atoms with Crippen LogP contribution in [0.2, 0.25) is 0 Å². The Kier molecular flexibility index (Phi) is 6.27. The number of hydrogen-bond donors (Lipinski definition) is 2. The van der Waals surface area contributed by atoms with E-state index < -0.39 is 5.91 Å². The lowest BCUT2D eigenvalue weighted by atomic mass is 10.1. The van der Waals surface area contributed by atoms with Crippen LogP contribution >= 0.6 is 0 Å². The highest BCUT2D eigenvalue weighted by Crippen LogP contribution is 2.12. The zero-order chi connectivity index (χ0) is 19.1. The molecule has 134 valence electrons. The molecule has 1 aromatic carbocycles. The van der Waals surface area contributed by atoms with Crippen molar-refractivity contribution in [3.8, 4) is 0 Å². The molecule has 0 saturated heterocycles. The monoisotopic (exact) mass is 350 g/mol. The quantitative estimate of drug-likeness (QED) is 0.750. The molecule has 0 atom stereocenters. The first kappa shape index (κ1) is 18.9. The van der Waals surface area contributed by atoms with Crippen LogP contribution < -0.4 is 16.2 Å². The Labute approximate surface area is 152 Å². The molecule has 0 fully saturated rings. The highest BCUT2D eigenvalue weighted by atomic mass is 16.2. The van der Waals surface area contributed by atoms with Crippen LogP contribution in [0, 0.1) is 0 Å². The molecule has 6 heteroatoms. The number of aromatic nitrogens is 1. The van der Waals surface area contributed by atoms with Gasteiger partial charge in [-0.2, -0.15) is 0 Å². The maximum absolute atomic E-state index is 12.7. The van der Waals surface area contributed by atoms with Gasteiger partial charge in [-0.25, -0.2) is 0 Å². The summed E-state index contributed by atoms with van der Waals surface area (Å²) in [5, 5.41) is 5.51. The molecule has 0 saturated carbocycles. The van der Waals surface area contributed by atoms with Gasteiger partial charge < -0.3 is 15.2 Å². The minimum absolute atomic E-state index is 0.0543. The van der Waals surface area contributed by atoms with Crippen LogP contribution in [0.15, 0.2) is 71.2 Å². The predicted molar refractivity (Wildman–Crippen MR) is 105 cm³/mol. The summed E-state index contributed by atoms with van der Waals surface area (Å²) in [6, 6.07) is 11.1. The van der Waals surface area contributed by atoms with Gasteiger partial charge in [-0.1, -0.05) is 43.5 Å². The molecule has 1 heterocycles. The summed E-state index contributed by atoms with van der Waals surface area (Å²) in [6.07, 6.45) is 3.23. The molecular formula is C20H22N4O2. The van der Waals surface area contributed by atoms with Crippen molar-refractivity contribution >= 4 is 17.8 Å². The third-order valence-corrected chi connectivity index (χ3v) is 3.70. The summed E-state index contributed by atoms with van der Waals surface area (Å²) in [5.41, 5.74) is 2.33. The van der Waals surface area contributed by atoms with Crippen molar-refractivity contribution in [3.05, 3.63) is 88.5 Å².